The molecule has 0 bridgehead atoms. The summed E-state index contributed by atoms with van der Waals surface area (Å²) in [6.07, 6.45) is 4.71. The smallest absolute Gasteiger partial charge is 0.261 e. The molecule has 5 nitrogen and oxygen atoms in total. The van der Waals surface area contributed by atoms with Crippen molar-refractivity contribution in [2.24, 2.45) is 0 Å². The highest BCUT2D eigenvalue weighted by molar-refractivity contribution is 6.31. The molecule has 0 atom stereocenters. The van der Waals surface area contributed by atoms with E-state index >= 15 is 0 Å². The van der Waals surface area contributed by atoms with Gasteiger partial charge in [0.25, 0.3) is 5.56 Å². The third-order valence-electron chi connectivity index (χ3n) is 4.16. The number of halogens is 1. The molecule has 0 aliphatic heterocycles. The van der Waals surface area contributed by atoms with Crippen LogP contribution in [0.1, 0.15) is 25.3 Å². The van der Waals surface area contributed by atoms with E-state index in [-0.39, 0.29) is 18.0 Å². The highest BCUT2D eigenvalue weighted by atomic mass is 35.5. The summed E-state index contributed by atoms with van der Waals surface area (Å²) in [5.74, 6) is -0.281. The molecule has 134 valence electrons. The second kappa shape index (κ2) is 8.15. The van der Waals surface area contributed by atoms with Crippen LogP contribution in [-0.2, 0) is 17.8 Å². The molecule has 2 aromatic carbocycles. The number of amides is 1. The average molecular weight is 370 g/mol. The molecule has 0 aliphatic carbocycles. The van der Waals surface area contributed by atoms with Crippen LogP contribution in [0.4, 0.5) is 5.69 Å². The van der Waals surface area contributed by atoms with E-state index in [0.717, 1.165) is 19.3 Å². The van der Waals surface area contributed by atoms with Crippen LogP contribution in [0.5, 0.6) is 0 Å². The minimum Gasteiger partial charge on any atom is -0.325 e. The summed E-state index contributed by atoms with van der Waals surface area (Å²) < 4.78 is 1.28. The maximum absolute atomic E-state index is 12.5. The van der Waals surface area contributed by atoms with Crippen molar-refractivity contribution in [3.05, 3.63) is 69.7 Å². The molecule has 1 aromatic heterocycles. The van der Waals surface area contributed by atoms with Crippen molar-refractivity contribution >= 4 is 34.1 Å². The molecule has 26 heavy (non-hydrogen) atoms. The van der Waals surface area contributed by atoms with E-state index < -0.39 is 0 Å². The van der Waals surface area contributed by atoms with Gasteiger partial charge in [-0.15, -0.1) is 0 Å². The van der Waals surface area contributed by atoms with Crippen LogP contribution < -0.4 is 10.9 Å². The Labute approximate surface area is 156 Å². The highest BCUT2D eigenvalue weighted by Gasteiger charge is 2.09. The average Bonchev–Trinajstić information content (AvgIpc) is 2.64. The van der Waals surface area contributed by atoms with E-state index in [9.17, 15) is 9.59 Å². The van der Waals surface area contributed by atoms with Gasteiger partial charge in [-0.3, -0.25) is 14.2 Å². The van der Waals surface area contributed by atoms with Gasteiger partial charge in [-0.05, 0) is 48.7 Å². The first-order valence-corrected chi connectivity index (χ1v) is 8.98. The lowest BCUT2D eigenvalue weighted by Crippen LogP contribution is -2.27. The fourth-order valence-corrected chi connectivity index (χ4v) is 2.91. The third kappa shape index (κ3) is 4.29. The maximum Gasteiger partial charge on any atom is 0.261 e. The van der Waals surface area contributed by atoms with Crippen LogP contribution in [0.25, 0.3) is 10.9 Å². The Morgan fingerprint density at radius 1 is 1.19 bits per heavy atom. The van der Waals surface area contributed by atoms with Crippen molar-refractivity contribution in [3.63, 3.8) is 0 Å². The van der Waals surface area contributed by atoms with Gasteiger partial charge in [0.15, 0.2) is 0 Å². The van der Waals surface area contributed by atoms with Crippen LogP contribution in [-0.4, -0.2) is 15.5 Å². The molecule has 0 fully saturated rings. The first kappa shape index (κ1) is 18.1. The van der Waals surface area contributed by atoms with Crippen LogP contribution in [0, 0.1) is 0 Å². The SMILES string of the molecule is CCCCc1ccc(NC(=O)Cn2cnc3ccc(Cl)cc3c2=O)cc1. The molecule has 0 unspecified atom stereocenters. The molecule has 0 saturated carbocycles. The molecule has 1 amide bonds. The van der Waals surface area contributed by atoms with Gasteiger partial charge in [-0.1, -0.05) is 37.1 Å². The van der Waals surface area contributed by atoms with E-state index in [1.807, 2.05) is 24.3 Å². The summed E-state index contributed by atoms with van der Waals surface area (Å²) in [4.78, 5) is 29.0. The third-order valence-corrected chi connectivity index (χ3v) is 4.39. The second-order valence-corrected chi connectivity index (χ2v) is 6.62. The van der Waals surface area contributed by atoms with Gasteiger partial charge in [0.05, 0.1) is 17.2 Å². The standard InChI is InChI=1S/C20H20ClN3O2/c1-2-3-4-14-5-8-16(9-6-14)23-19(25)12-24-13-22-18-10-7-15(21)11-17(18)20(24)26/h5-11,13H,2-4,12H2,1H3,(H,23,25). The number of hydrogen-bond donors (Lipinski definition) is 1. The zero-order valence-electron chi connectivity index (χ0n) is 14.5. The lowest BCUT2D eigenvalue weighted by molar-refractivity contribution is -0.116. The number of fused-ring (bicyclic) bond motifs is 1. The monoisotopic (exact) mass is 369 g/mol. The number of anilines is 1. The number of aryl methyl sites for hydroxylation is 1. The molecule has 0 radical (unpaired) electrons. The Hall–Kier alpha value is -2.66. The molecule has 6 heteroatoms. The predicted molar refractivity (Wildman–Crippen MR) is 105 cm³/mol. The Bertz CT molecular complexity index is 981. The molecule has 1 N–H and O–H groups in total. The van der Waals surface area contributed by atoms with E-state index in [1.54, 1.807) is 18.2 Å². The maximum atomic E-state index is 12.5. The Kier molecular flexibility index (Phi) is 5.68. The Morgan fingerprint density at radius 2 is 1.96 bits per heavy atom. The normalized spacial score (nSPS) is 10.8. The van der Waals surface area contributed by atoms with Crippen molar-refractivity contribution in [2.75, 3.05) is 5.32 Å². The van der Waals surface area contributed by atoms with Gasteiger partial charge in [0.1, 0.15) is 6.54 Å². The summed E-state index contributed by atoms with van der Waals surface area (Å²) >= 11 is 5.95. The number of benzene rings is 2. The van der Waals surface area contributed by atoms with Gasteiger partial charge >= 0.3 is 0 Å². The van der Waals surface area contributed by atoms with Gasteiger partial charge in [0.2, 0.25) is 5.91 Å². The predicted octanol–water partition coefficient (Wildman–Crippen LogP) is 4.03. The molecule has 0 saturated heterocycles. The summed E-state index contributed by atoms with van der Waals surface area (Å²) in [5.41, 5.74) is 2.22. The van der Waals surface area contributed by atoms with Gasteiger partial charge in [0, 0.05) is 10.7 Å². The summed E-state index contributed by atoms with van der Waals surface area (Å²) in [6, 6.07) is 12.7. The first-order valence-electron chi connectivity index (χ1n) is 8.60. The number of carbonyl (C=O) groups excluding carboxylic acids is 1. The van der Waals surface area contributed by atoms with Crippen LogP contribution in [0.2, 0.25) is 5.02 Å². The molecule has 1 heterocycles. The number of hydrogen-bond acceptors (Lipinski definition) is 3. The summed E-state index contributed by atoms with van der Waals surface area (Å²) in [7, 11) is 0. The molecule has 0 aliphatic rings. The number of carbonyl (C=O) groups is 1. The quantitative estimate of drug-likeness (QED) is 0.713. The fourth-order valence-electron chi connectivity index (χ4n) is 2.73. The minimum atomic E-state index is -0.289. The van der Waals surface area contributed by atoms with Crippen LogP contribution in [0.15, 0.2) is 53.6 Å². The topological polar surface area (TPSA) is 64.0 Å². The lowest BCUT2D eigenvalue weighted by Gasteiger charge is -2.09. The first-order chi connectivity index (χ1) is 12.6. The molecular weight excluding hydrogens is 350 g/mol. The van der Waals surface area contributed by atoms with Crippen molar-refractivity contribution in [1.29, 1.82) is 0 Å². The van der Waals surface area contributed by atoms with E-state index in [0.29, 0.717) is 21.6 Å². The Morgan fingerprint density at radius 3 is 2.69 bits per heavy atom. The van der Waals surface area contributed by atoms with E-state index in [2.05, 4.69) is 17.2 Å². The van der Waals surface area contributed by atoms with E-state index in [1.165, 1.54) is 16.5 Å². The number of nitrogens with one attached hydrogen (secondary N) is 1. The molecular formula is C20H20ClN3O2. The summed E-state index contributed by atoms with van der Waals surface area (Å²) in [5, 5.41) is 3.66. The Balaban J connectivity index is 1.71. The molecule has 0 spiro atoms. The van der Waals surface area contributed by atoms with Gasteiger partial charge in [-0.25, -0.2) is 4.98 Å². The van der Waals surface area contributed by atoms with Gasteiger partial charge < -0.3 is 5.32 Å². The summed E-state index contributed by atoms with van der Waals surface area (Å²) in [6.45, 7) is 2.05. The zero-order valence-corrected chi connectivity index (χ0v) is 15.3. The van der Waals surface area contributed by atoms with E-state index in [4.69, 9.17) is 11.6 Å². The second-order valence-electron chi connectivity index (χ2n) is 6.19. The molecule has 3 rings (SSSR count). The largest absolute Gasteiger partial charge is 0.325 e. The number of rotatable bonds is 6. The number of aromatic nitrogens is 2. The number of nitrogens with zero attached hydrogens (tertiary/aromatic N) is 2. The zero-order chi connectivity index (χ0) is 18.5. The highest BCUT2D eigenvalue weighted by Crippen LogP contribution is 2.14. The minimum absolute atomic E-state index is 0.105. The van der Waals surface area contributed by atoms with Crippen LogP contribution >= 0.6 is 11.6 Å². The van der Waals surface area contributed by atoms with Crippen molar-refractivity contribution < 1.29 is 4.79 Å². The van der Waals surface area contributed by atoms with Crippen molar-refractivity contribution in [3.8, 4) is 0 Å². The van der Waals surface area contributed by atoms with Crippen LogP contribution in [0.3, 0.4) is 0 Å². The fraction of sp³-hybridized carbons (Fsp3) is 0.250. The van der Waals surface area contributed by atoms with Gasteiger partial charge in [-0.2, -0.15) is 0 Å². The van der Waals surface area contributed by atoms with Crippen molar-refractivity contribution in [2.45, 2.75) is 32.7 Å². The number of unbranched alkanes of at least 4 members (excludes halogenated alkanes) is 1. The lowest BCUT2D eigenvalue weighted by atomic mass is 10.1. The van der Waals surface area contributed by atoms with Crippen molar-refractivity contribution in [1.82, 2.24) is 9.55 Å². The molecule has 3 aromatic rings.